The largest absolute Gasteiger partial charge is 0.361 e. The number of nitrogens with one attached hydrogen (secondary N) is 1. The molecule has 0 saturated carbocycles. The van der Waals surface area contributed by atoms with Crippen LogP contribution in [0.15, 0.2) is 41.1 Å². The Balaban J connectivity index is 1.38. The fraction of sp³-hybridized carbons (Fsp3) is 0.333. The SMILES string of the molecule is Cc1noc(C)c1CC(=O)NCc1cn2c(n1)C(=O)N(Cc1ccccc1)CC2. The Hall–Kier alpha value is -3.42. The van der Waals surface area contributed by atoms with E-state index in [1.165, 1.54) is 0 Å². The first-order valence-corrected chi connectivity index (χ1v) is 9.59. The molecular formula is C21H23N5O3. The van der Waals surface area contributed by atoms with Crippen molar-refractivity contribution in [2.75, 3.05) is 6.54 Å². The van der Waals surface area contributed by atoms with Gasteiger partial charge in [-0.3, -0.25) is 9.59 Å². The molecule has 0 unspecified atom stereocenters. The number of carbonyl (C=O) groups is 2. The van der Waals surface area contributed by atoms with Gasteiger partial charge in [0.05, 0.1) is 24.4 Å². The molecule has 1 N–H and O–H groups in total. The van der Waals surface area contributed by atoms with Crippen molar-refractivity contribution < 1.29 is 14.1 Å². The van der Waals surface area contributed by atoms with Crippen LogP contribution in [-0.4, -0.2) is 38.0 Å². The first-order valence-electron chi connectivity index (χ1n) is 9.59. The Bertz CT molecular complexity index is 1020. The normalized spacial score (nSPS) is 13.4. The molecule has 4 rings (SSSR count). The lowest BCUT2D eigenvalue weighted by Gasteiger charge is -2.27. The summed E-state index contributed by atoms with van der Waals surface area (Å²) < 4.78 is 6.95. The molecule has 0 saturated heterocycles. The number of aryl methyl sites for hydroxylation is 2. The summed E-state index contributed by atoms with van der Waals surface area (Å²) in [7, 11) is 0. The van der Waals surface area contributed by atoms with Gasteiger partial charge in [-0.15, -0.1) is 0 Å². The number of benzene rings is 1. The number of carbonyl (C=O) groups excluding carboxylic acids is 2. The van der Waals surface area contributed by atoms with Crippen molar-refractivity contribution in [1.29, 1.82) is 0 Å². The molecule has 150 valence electrons. The van der Waals surface area contributed by atoms with Crippen molar-refractivity contribution in [3.05, 3.63) is 70.6 Å². The lowest BCUT2D eigenvalue weighted by atomic mass is 10.1. The zero-order chi connectivity index (χ0) is 20.4. The van der Waals surface area contributed by atoms with E-state index < -0.39 is 0 Å². The Labute approximate surface area is 168 Å². The molecule has 8 heteroatoms. The van der Waals surface area contributed by atoms with E-state index in [1.54, 1.807) is 11.8 Å². The van der Waals surface area contributed by atoms with Gasteiger partial charge in [-0.1, -0.05) is 35.5 Å². The van der Waals surface area contributed by atoms with Crippen molar-refractivity contribution >= 4 is 11.8 Å². The summed E-state index contributed by atoms with van der Waals surface area (Å²) in [5, 5.41) is 6.72. The average Bonchev–Trinajstić information content (AvgIpc) is 3.28. The predicted molar refractivity (Wildman–Crippen MR) is 105 cm³/mol. The second-order valence-electron chi connectivity index (χ2n) is 7.22. The lowest BCUT2D eigenvalue weighted by Crippen LogP contribution is -2.39. The topological polar surface area (TPSA) is 93.3 Å². The van der Waals surface area contributed by atoms with Gasteiger partial charge in [-0.2, -0.15) is 0 Å². The molecule has 3 heterocycles. The molecule has 0 fully saturated rings. The minimum Gasteiger partial charge on any atom is -0.361 e. The number of aromatic nitrogens is 3. The van der Waals surface area contributed by atoms with Crippen LogP contribution < -0.4 is 5.32 Å². The average molecular weight is 393 g/mol. The third-order valence-corrected chi connectivity index (χ3v) is 5.12. The van der Waals surface area contributed by atoms with Gasteiger partial charge in [0.2, 0.25) is 5.91 Å². The zero-order valence-corrected chi connectivity index (χ0v) is 16.5. The summed E-state index contributed by atoms with van der Waals surface area (Å²) in [6.45, 7) is 5.77. The van der Waals surface area contributed by atoms with E-state index in [4.69, 9.17) is 4.52 Å². The Morgan fingerprint density at radius 3 is 2.72 bits per heavy atom. The van der Waals surface area contributed by atoms with Crippen molar-refractivity contribution in [2.45, 2.75) is 39.9 Å². The molecule has 2 amide bonds. The summed E-state index contributed by atoms with van der Waals surface area (Å²) in [6.07, 6.45) is 2.04. The highest BCUT2D eigenvalue weighted by Crippen LogP contribution is 2.16. The molecule has 0 radical (unpaired) electrons. The molecule has 1 aromatic carbocycles. The van der Waals surface area contributed by atoms with Gasteiger partial charge in [0, 0.05) is 31.4 Å². The Morgan fingerprint density at radius 1 is 1.21 bits per heavy atom. The van der Waals surface area contributed by atoms with Crippen LogP contribution in [0.4, 0.5) is 0 Å². The first kappa shape index (κ1) is 18.9. The van der Waals surface area contributed by atoms with E-state index in [2.05, 4.69) is 15.5 Å². The van der Waals surface area contributed by atoms with Crippen LogP contribution in [0.2, 0.25) is 0 Å². The highest BCUT2D eigenvalue weighted by atomic mass is 16.5. The van der Waals surface area contributed by atoms with Crippen LogP contribution in [0.25, 0.3) is 0 Å². The fourth-order valence-corrected chi connectivity index (χ4v) is 3.49. The molecule has 29 heavy (non-hydrogen) atoms. The minimum absolute atomic E-state index is 0.0894. The van der Waals surface area contributed by atoms with Gasteiger partial charge in [0.15, 0.2) is 5.82 Å². The molecule has 3 aromatic rings. The van der Waals surface area contributed by atoms with Crippen LogP contribution in [0.5, 0.6) is 0 Å². The van der Waals surface area contributed by atoms with Crippen molar-refractivity contribution in [3.63, 3.8) is 0 Å². The van der Waals surface area contributed by atoms with Crippen molar-refractivity contribution in [1.82, 2.24) is 24.9 Å². The quantitative estimate of drug-likeness (QED) is 0.691. The highest BCUT2D eigenvalue weighted by Gasteiger charge is 2.27. The molecule has 2 aromatic heterocycles. The maximum atomic E-state index is 12.8. The highest BCUT2D eigenvalue weighted by molar-refractivity contribution is 5.91. The summed E-state index contributed by atoms with van der Waals surface area (Å²) in [5.41, 5.74) is 3.28. The van der Waals surface area contributed by atoms with E-state index in [-0.39, 0.29) is 24.8 Å². The molecule has 8 nitrogen and oxygen atoms in total. The molecule has 1 aliphatic heterocycles. The third-order valence-electron chi connectivity index (χ3n) is 5.12. The number of hydrogen-bond acceptors (Lipinski definition) is 5. The summed E-state index contributed by atoms with van der Waals surface area (Å²) in [6, 6.07) is 9.91. The fourth-order valence-electron chi connectivity index (χ4n) is 3.49. The molecule has 0 bridgehead atoms. The van der Waals surface area contributed by atoms with Crippen LogP contribution in [0.1, 0.15) is 38.9 Å². The lowest BCUT2D eigenvalue weighted by molar-refractivity contribution is -0.120. The monoisotopic (exact) mass is 393 g/mol. The summed E-state index contributed by atoms with van der Waals surface area (Å²) in [4.78, 5) is 31.3. The molecule has 0 spiro atoms. The smallest absolute Gasteiger partial charge is 0.290 e. The standard InChI is InChI=1S/C21H23N5O3/c1-14-18(15(2)29-24-14)10-19(27)22-11-17-13-25-8-9-26(21(28)20(25)23-17)12-16-6-4-3-5-7-16/h3-7,13H,8-12H2,1-2H3,(H,22,27). The molecule has 1 aliphatic rings. The van der Waals surface area contributed by atoms with Gasteiger partial charge in [0.1, 0.15) is 5.76 Å². The number of imidazole rings is 1. The Morgan fingerprint density at radius 2 is 2.00 bits per heavy atom. The molecule has 0 aliphatic carbocycles. The number of amides is 2. The summed E-state index contributed by atoms with van der Waals surface area (Å²) in [5.74, 6) is 0.845. The number of rotatable bonds is 6. The van der Waals surface area contributed by atoms with Crippen LogP contribution in [0.3, 0.4) is 0 Å². The van der Waals surface area contributed by atoms with E-state index in [0.717, 1.165) is 16.8 Å². The van der Waals surface area contributed by atoms with E-state index in [0.29, 0.717) is 36.9 Å². The molecular weight excluding hydrogens is 370 g/mol. The second-order valence-corrected chi connectivity index (χ2v) is 7.22. The Kier molecular flexibility index (Phi) is 5.16. The van der Waals surface area contributed by atoms with E-state index in [1.807, 2.05) is 48.0 Å². The third kappa shape index (κ3) is 4.06. The molecule has 0 atom stereocenters. The predicted octanol–water partition coefficient (Wildman–Crippen LogP) is 2.00. The second kappa shape index (κ2) is 7.90. The van der Waals surface area contributed by atoms with Gasteiger partial charge in [-0.05, 0) is 19.4 Å². The number of fused-ring (bicyclic) bond motifs is 1. The van der Waals surface area contributed by atoms with Crippen LogP contribution in [-0.2, 0) is 30.8 Å². The number of nitrogens with zero attached hydrogens (tertiary/aromatic N) is 4. The van der Waals surface area contributed by atoms with Crippen molar-refractivity contribution in [3.8, 4) is 0 Å². The first-order chi connectivity index (χ1) is 14.0. The maximum absolute atomic E-state index is 12.8. The summed E-state index contributed by atoms with van der Waals surface area (Å²) >= 11 is 0. The van der Waals surface area contributed by atoms with Crippen molar-refractivity contribution in [2.24, 2.45) is 0 Å². The number of hydrogen-bond donors (Lipinski definition) is 1. The van der Waals surface area contributed by atoms with Crippen LogP contribution >= 0.6 is 0 Å². The van der Waals surface area contributed by atoms with Gasteiger partial charge in [0.25, 0.3) is 5.91 Å². The zero-order valence-electron chi connectivity index (χ0n) is 16.5. The van der Waals surface area contributed by atoms with E-state index in [9.17, 15) is 9.59 Å². The van der Waals surface area contributed by atoms with Crippen LogP contribution in [0, 0.1) is 13.8 Å². The van der Waals surface area contributed by atoms with Gasteiger partial charge in [-0.25, -0.2) is 4.98 Å². The van der Waals surface area contributed by atoms with Gasteiger partial charge < -0.3 is 19.3 Å². The van der Waals surface area contributed by atoms with Gasteiger partial charge >= 0.3 is 0 Å². The minimum atomic E-state index is -0.137. The maximum Gasteiger partial charge on any atom is 0.290 e. The van der Waals surface area contributed by atoms with E-state index >= 15 is 0 Å².